The van der Waals surface area contributed by atoms with Gasteiger partial charge in [-0.15, -0.1) is 0 Å². The van der Waals surface area contributed by atoms with E-state index in [1.54, 1.807) is 19.2 Å². The number of nitrogens with one attached hydrogen (secondary N) is 2. The first-order valence-corrected chi connectivity index (χ1v) is 11.0. The van der Waals surface area contributed by atoms with Gasteiger partial charge in [-0.3, -0.25) is 9.59 Å². The quantitative estimate of drug-likeness (QED) is 0.420. The van der Waals surface area contributed by atoms with Gasteiger partial charge in [0.2, 0.25) is 5.91 Å². The third-order valence-electron chi connectivity index (χ3n) is 5.35. The fraction of sp³-hybridized carbons (Fsp3) is 0.154. The minimum absolute atomic E-state index is 0.0383. The number of nitrogens with zero attached hydrogens (tertiary/aromatic N) is 1. The molecule has 1 saturated heterocycles. The van der Waals surface area contributed by atoms with Crippen LogP contribution in [-0.4, -0.2) is 38.6 Å². The molecule has 1 aliphatic rings. The van der Waals surface area contributed by atoms with Gasteiger partial charge >= 0.3 is 0 Å². The highest BCUT2D eigenvalue weighted by atomic mass is 35.5. The second-order valence-corrected chi connectivity index (χ2v) is 7.97. The van der Waals surface area contributed by atoms with Crippen molar-refractivity contribution in [2.24, 2.45) is 0 Å². The van der Waals surface area contributed by atoms with E-state index in [2.05, 4.69) is 10.6 Å². The van der Waals surface area contributed by atoms with Gasteiger partial charge in [-0.1, -0.05) is 60.1 Å². The molecule has 0 aliphatic carbocycles. The first-order valence-electron chi connectivity index (χ1n) is 10.6. The number of ether oxygens (including phenoxy) is 1. The minimum atomic E-state index is -0.270. The molecule has 1 fully saturated rings. The van der Waals surface area contributed by atoms with Crippen molar-refractivity contribution in [1.29, 1.82) is 0 Å². The highest BCUT2D eigenvalue weighted by Crippen LogP contribution is 2.30. The molecule has 2 N–H and O–H groups in total. The van der Waals surface area contributed by atoms with Crippen molar-refractivity contribution >= 4 is 46.4 Å². The Morgan fingerprint density at radius 2 is 1.85 bits per heavy atom. The molecule has 2 amide bonds. The summed E-state index contributed by atoms with van der Waals surface area (Å²) in [5.74, 6) is 0.369. The smallest absolute Gasteiger partial charge is 0.256 e. The monoisotopic (exact) mass is 461 g/mol. The number of halogens is 1. The van der Waals surface area contributed by atoms with Crippen molar-refractivity contribution in [2.45, 2.75) is 0 Å². The van der Waals surface area contributed by atoms with E-state index in [1.807, 2.05) is 71.6 Å². The maximum atomic E-state index is 13.3. The van der Waals surface area contributed by atoms with E-state index in [0.717, 1.165) is 16.8 Å². The molecule has 168 valence electrons. The molecule has 3 aromatic carbocycles. The molecule has 0 saturated carbocycles. The van der Waals surface area contributed by atoms with E-state index < -0.39 is 0 Å². The third-order valence-corrected chi connectivity index (χ3v) is 5.66. The second kappa shape index (κ2) is 10.2. The Kier molecular flexibility index (Phi) is 6.95. The summed E-state index contributed by atoms with van der Waals surface area (Å²) in [6.07, 6.45) is 1.81. The Labute approximate surface area is 197 Å². The van der Waals surface area contributed by atoms with Crippen LogP contribution in [0.4, 0.5) is 11.4 Å². The lowest BCUT2D eigenvalue weighted by Gasteiger charge is -2.29. The number of anilines is 2. The summed E-state index contributed by atoms with van der Waals surface area (Å²) in [7, 11) is 1.60. The SMILES string of the molecule is COc1ccccc1/C=C(/C(=O)Nc1ccc(N2CCNC(=O)C2)c(Cl)c1)c1ccccc1. The third kappa shape index (κ3) is 5.35. The van der Waals surface area contributed by atoms with E-state index in [1.165, 1.54) is 0 Å². The Morgan fingerprint density at radius 3 is 2.58 bits per heavy atom. The first-order chi connectivity index (χ1) is 16.0. The molecule has 0 unspecified atom stereocenters. The van der Waals surface area contributed by atoms with Crippen LogP contribution in [0.2, 0.25) is 5.02 Å². The van der Waals surface area contributed by atoms with Gasteiger partial charge in [-0.2, -0.15) is 0 Å². The molecule has 0 spiro atoms. The van der Waals surface area contributed by atoms with Gasteiger partial charge in [0, 0.05) is 29.9 Å². The number of hydrogen-bond acceptors (Lipinski definition) is 4. The van der Waals surface area contributed by atoms with Crippen molar-refractivity contribution in [1.82, 2.24) is 5.32 Å². The summed E-state index contributed by atoms with van der Waals surface area (Å²) in [6.45, 7) is 1.50. The number of para-hydroxylation sites is 1. The van der Waals surface area contributed by atoms with Crippen LogP contribution in [0, 0.1) is 0 Å². The summed E-state index contributed by atoms with van der Waals surface area (Å²) < 4.78 is 5.45. The molecular weight excluding hydrogens is 438 g/mol. The normalized spacial score (nSPS) is 13.9. The zero-order valence-corrected chi connectivity index (χ0v) is 18.9. The first kappa shape index (κ1) is 22.4. The van der Waals surface area contributed by atoms with E-state index in [4.69, 9.17) is 16.3 Å². The standard InChI is InChI=1S/C26H24ClN3O3/c1-33-24-10-6-5-9-19(24)15-21(18-7-3-2-4-8-18)26(32)29-20-11-12-23(22(27)16-20)30-14-13-28-25(31)17-30/h2-12,15-16H,13-14,17H2,1H3,(H,28,31)(H,29,32)/b21-15+. The molecule has 1 aliphatic heterocycles. The lowest BCUT2D eigenvalue weighted by atomic mass is 10.0. The van der Waals surface area contributed by atoms with Gasteiger partial charge in [-0.25, -0.2) is 0 Å². The maximum Gasteiger partial charge on any atom is 0.256 e. The summed E-state index contributed by atoms with van der Waals surface area (Å²) in [6, 6.07) is 22.3. The molecule has 0 aromatic heterocycles. The van der Waals surface area contributed by atoms with Crippen LogP contribution in [-0.2, 0) is 9.59 Å². The topological polar surface area (TPSA) is 70.7 Å². The maximum absolute atomic E-state index is 13.3. The van der Waals surface area contributed by atoms with Crippen molar-refractivity contribution in [3.63, 3.8) is 0 Å². The largest absolute Gasteiger partial charge is 0.496 e. The molecule has 1 heterocycles. The van der Waals surface area contributed by atoms with Crippen LogP contribution < -0.4 is 20.3 Å². The number of rotatable bonds is 6. The van der Waals surface area contributed by atoms with E-state index >= 15 is 0 Å². The van der Waals surface area contributed by atoms with Gasteiger partial charge in [0.1, 0.15) is 5.75 Å². The Balaban J connectivity index is 1.62. The summed E-state index contributed by atoms with van der Waals surface area (Å²) in [4.78, 5) is 27.0. The van der Waals surface area contributed by atoms with E-state index in [-0.39, 0.29) is 18.4 Å². The van der Waals surface area contributed by atoms with Crippen molar-refractivity contribution in [3.05, 3.63) is 88.9 Å². The van der Waals surface area contributed by atoms with Gasteiger partial charge < -0.3 is 20.3 Å². The number of methoxy groups -OCH3 is 1. The van der Waals surface area contributed by atoms with Crippen LogP contribution in [0.5, 0.6) is 5.75 Å². The number of hydrogen-bond donors (Lipinski definition) is 2. The predicted octanol–water partition coefficient (Wildman–Crippen LogP) is 4.46. The summed E-state index contributed by atoms with van der Waals surface area (Å²) >= 11 is 6.50. The van der Waals surface area contributed by atoms with Crippen molar-refractivity contribution < 1.29 is 14.3 Å². The lowest BCUT2D eigenvalue weighted by Crippen LogP contribution is -2.47. The lowest BCUT2D eigenvalue weighted by molar-refractivity contribution is -0.120. The van der Waals surface area contributed by atoms with E-state index in [0.29, 0.717) is 35.1 Å². The summed E-state index contributed by atoms with van der Waals surface area (Å²) in [5.41, 5.74) is 3.40. The predicted molar refractivity (Wildman–Crippen MR) is 133 cm³/mol. The molecule has 0 bridgehead atoms. The van der Waals surface area contributed by atoms with Crippen LogP contribution in [0.25, 0.3) is 11.6 Å². The molecule has 0 atom stereocenters. The van der Waals surface area contributed by atoms with Gasteiger partial charge in [-0.05, 0) is 35.9 Å². The zero-order valence-electron chi connectivity index (χ0n) is 18.2. The number of benzene rings is 3. The Hall–Kier alpha value is -3.77. The van der Waals surface area contributed by atoms with Crippen LogP contribution in [0.15, 0.2) is 72.8 Å². The minimum Gasteiger partial charge on any atom is -0.496 e. The van der Waals surface area contributed by atoms with Gasteiger partial charge in [0.25, 0.3) is 5.91 Å². The highest BCUT2D eigenvalue weighted by Gasteiger charge is 2.19. The number of carbonyl (C=O) groups is 2. The molecular formula is C26H24ClN3O3. The number of piperazine rings is 1. The van der Waals surface area contributed by atoms with Crippen LogP contribution in [0.3, 0.4) is 0 Å². The van der Waals surface area contributed by atoms with Crippen molar-refractivity contribution in [3.8, 4) is 5.75 Å². The van der Waals surface area contributed by atoms with Gasteiger partial charge in [0.05, 0.1) is 24.4 Å². The zero-order chi connectivity index (χ0) is 23.2. The summed E-state index contributed by atoms with van der Waals surface area (Å²) in [5, 5.41) is 6.22. The fourth-order valence-electron chi connectivity index (χ4n) is 3.72. The van der Waals surface area contributed by atoms with E-state index in [9.17, 15) is 9.59 Å². The molecule has 33 heavy (non-hydrogen) atoms. The average Bonchev–Trinajstić information content (AvgIpc) is 2.83. The highest BCUT2D eigenvalue weighted by molar-refractivity contribution is 6.34. The average molecular weight is 462 g/mol. The van der Waals surface area contributed by atoms with Crippen LogP contribution in [0.1, 0.15) is 11.1 Å². The number of amides is 2. The fourth-order valence-corrected chi connectivity index (χ4v) is 4.02. The van der Waals surface area contributed by atoms with Crippen molar-refractivity contribution in [2.75, 3.05) is 37.0 Å². The Morgan fingerprint density at radius 1 is 1.09 bits per heavy atom. The molecule has 6 nitrogen and oxygen atoms in total. The molecule has 7 heteroatoms. The molecule has 3 aromatic rings. The number of carbonyl (C=O) groups excluding carboxylic acids is 2. The Bertz CT molecular complexity index is 1190. The van der Waals surface area contributed by atoms with Gasteiger partial charge in [0.15, 0.2) is 0 Å². The van der Waals surface area contributed by atoms with Crippen LogP contribution >= 0.6 is 11.6 Å². The molecule has 4 rings (SSSR count). The molecule has 0 radical (unpaired) electrons. The second-order valence-electron chi connectivity index (χ2n) is 7.56.